The quantitative estimate of drug-likeness (QED) is 0.205. The molecule has 1 aliphatic carbocycles. The second-order valence-electron chi connectivity index (χ2n) is 13.6. The summed E-state index contributed by atoms with van der Waals surface area (Å²) in [5.41, 5.74) is 10.6. The van der Waals surface area contributed by atoms with Crippen molar-refractivity contribution in [3.05, 3.63) is 119 Å². The number of anilines is 2. The molecule has 3 N–H and O–H groups in total. The molecule has 4 aromatic rings. The van der Waals surface area contributed by atoms with E-state index in [9.17, 15) is 19.2 Å². The molecule has 8 rings (SSSR count). The predicted molar refractivity (Wildman–Crippen MR) is 182 cm³/mol. The Kier molecular flexibility index (Phi) is 7.20. The number of nitrogens with zero attached hydrogens (tertiary/aromatic N) is 2. The average Bonchev–Trinajstić information content (AvgIpc) is 3.78. The van der Waals surface area contributed by atoms with Gasteiger partial charge < -0.3 is 20.5 Å². The lowest BCUT2D eigenvalue weighted by molar-refractivity contribution is -0.154. The van der Waals surface area contributed by atoms with E-state index in [2.05, 4.69) is 29.6 Å². The molecule has 3 aliphatic heterocycles. The van der Waals surface area contributed by atoms with E-state index in [1.54, 1.807) is 47.4 Å². The maximum atomic E-state index is 14.5. The van der Waals surface area contributed by atoms with E-state index in [0.29, 0.717) is 17.7 Å². The predicted octanol–water partition coefficient (Wildman–Crippen LogP) is 5.56. The number of benzene rings is 4. The zero-order valence-electron chi connectivity index (χ0n) is 27.2. The van der Waals surface area contributed by atoms with Gasteiger partial charge >= 0.3 is 12.1 Å². The van der Waals surface area contributed by atoms with Gasteiger partial charge in [-0.1, -0.05) is 92.7 Å². The zero-order chi connectivity index (χ0) is 34.0. The molecule has 0 bridgehead atoms. The van der Waals surface area contributed by atoms with Gasteiger partial charge in [-0.15, -0.1) is 0 Å². The molecule has 248 valence electrons. The van der Waals surface area contributed by atoms with Crippen LogP contribution in [0.2, 0.25) is 0 Å². The van der Waals surface area contributed by atoms with E-state index in [4.69, 9.17) is 15.2 Å². The summed E-state index contributed by atoms with van der Waals surface area (Å²) in [6.07, 6.45) is -1.29. The van der Waals surface area contributed by atoms with Crippen molar-refractivity contribution in [3.8, 4) is 11.1 Å². The van der Waals surface area contributed by atoms with Crippen LogP contribution in [0.1, 0.15) is 59.7 Å². The standard InChI is InChI=1S/C39H36N4O6/c1-22(2)19-33-35(45)42-32-18-10-8-16-29(32)39(20-31(36(46)49-39)41-34(44)27-15-7-9-17-30(27)40)37(42)43(33)38(47)48-21-28-25-13-5-3-11-23(25)24-12-4-6-14-26(24)28/h3-18,22,28,31,33,37H,19-21,40H2,1-2H3,(H,41,44)/t31-,33+,37+,39-/m1/s1. The maximum absolute atomic E-state index is 14.5. The number of nitrogens with two attached hydrogens (primary N) is 1. The zero-order valence-corrected chi connectivity index (χ0v) is 27.2. The van der Waals surface area contributed by atoms with Gasteiger partial charge in [-0.05, 0) is 52.8 Å². The summed E-state index contributed by atoms with van der Waals surface area (Å²) >= 11 is 0. The normalized spacial score (nSPS) is 23.4. The summed E-state index contributed by atoms with van der Waals surface area (Å²) < 4.78 is 12.4. The van der Waals surface area contributed by atoms with E-state index in [-0.39, 0.29) is 42.0 Å². The smallest absolute Gasteiger partial charge is 0.412 e. The summed E-state index contributed by atoms with van der Waals surface area (Å²) in [5, 5.41) is 2.80. The largest absolute Gasteiger partial charge is 0.448 e. The Morgan fingerprint density at radius 2 is 1.55 bits per heavy atom. The second-order valence-corrected chi connectivity index (χ2v) is 13.6. The molecule has 2 saturated heterocycles. The minimum atomic E-state index is -1.44. The number of carbonyl (C=O) groups excluding carboxylic acids is 4. The molecule has 10 heteroatoms. The monoisotopic (exact) mass is 656 g/mol. The first-order chi connectivity index (χ1) is 23.7. The summed E-state index contributed by atoms with van der Waals surface area (Å²) in [6, 6.07) is 28.1. The van der Waals surface area contributed by atoms with Crippen LogP contribution in [0.15, 0.2) is 97.1 Å². The van der Waals surface area contributed by atoms with Crippen LogP contribution in [0.4, 0.5) is 16.2 Å². The van der Waals surface area contributed by atoms with Gasteiger partial charge in [0.25, 0.3) is 11.8 Å². The number of amides is 3. The Labute approximate surface area is 283 Å². The van der Waals surface area contributed by atoms with Crippen molar-refractivity contribution in [2.45, 2.75) is 56.5 Å². The minimum absolute atomic E-state index is 0.00265. The molecule has 49 heavy (non-hydrogen) atoms. The lowest BCUT2D eigenvalue weighted by Crippen LogP contribution is -2.54. The van der Waals surface area contributed by atoms with Crippen molar-refractivity contribution in [2.24, 2.45) is 5.92 Å². The van der Waals surface area contributed by atoms with Crippen LogP contribution in [0.3, 0.4) is 0 Å². The Bertz CT molecular complexity index is 1980. The molecular formula is C39H36N4O6. The molecule has 4 atom stereocenters. The first kappa shape index (κ1) is 30.7. The van der Waals surface area contributed by atoms with Gasteiger partial charge in [-0.2, -0.15) is 0 Å². The fourth-order valence-electron chi connectivity index (χ4n) is 8.17. The number of hydrogen-bond acceptors (Lipinski definition) is 7. The number of hydrogen-bond donors (Lipinski definition) is 2. The number of nitrogen functional groups attached to an aromatic ring is 1. The third-order valence-corrected chi connectivity index (χ3v) is 10.2. The van der Waals surface area contributed by atoms with Crippen LogP contribution < -0.4 is 16.0 Å². The Morgan fingerprint density at radius 3 is 2.24 bits per heavy atom. The Morgan fingerprint density at radius 1 is 0.918 bits per heavy atom. The maximum Gasteiger partial charge on any atom is 0.412 e. The Hall–Kier alpha value is -5.64. The molecule has 10 nitrogen and oxygen atoms in total. The number of rotatable bonds is 6. The molecule has 0 unspecified atom stereocenters. The molecule has 0 aromatic heterocycles. The highest BCUT2D eigenvalue weighted by molar-refractivity contribution is 6.06. The molecule has 1 spiro atoms. The molecule has 0 radical (unpaired) electrons. The fourth-order valence-corrected chi connectivity index (χ4v) is 8.17. The first-order valence-electron chi connectivity index (χ1n) is 16.6. The molecule has 3 heterocycles. The molecule has 4 aromatic carbocycles. The van der Waals surface area contributed by atoms with E-state index < -0.39 is 41.8 Å². The minimum Gasteiger partial charge on any atom is -0.448 e. The Balaban J connectivity index is 1.14. The summed E-state index contributed by atoms with van der Waals surface area (Å²) in [7, 11) is 0. The number of nitrogens with one attached hydrogen (secondary N) is 1. The van der Waals surface area contributed by atoms with E-state index >= 15 is 0 Å². The van der Waals surface area contributed by atoms with Gasteiger partial charge in [0.2, 0.25) is 0 Å². The number of fused-ring (bicyclic) bond motifs is 8. The van der Waals surface area contributed by atoms with Gasteiger partial charge in [0.1, 0.15) is 18.7 Å². The van der Waals surface area contributed by atoms with Crippen LogP contribution >= 0.6 is 0 Å². The highest BCUT2D eigenvalue weighted by Crippen LogP contribution is 2.56. The highest BCUT2D eigenvalue weighted by atomic mass is 16.6. The topological polar surface area (TPSA) is 131 Å². The van der Waals surface area contributed by atoms with Gasteiger partial charge in [0, 0.05) is 23.6 Å². The van der Waals surface area contributed by atoms with Gasteiger partial charge in [-0.3, -0.25) is 19.4 Å². The number of esters is 1. The number of ether oxygens (including phenoxy) is 2. The van der Waals surface area contributed by atoms with E-state index in [1.165, 1.54) is 4.90 Å². The fraction of sp³-hybridized carbons (Fsp3) is 0.282. The van der Waals surface area contributed by atoms with E-state index in [1.807, 2.05) is 44.2 Å². The van der Waals surface area contributed by atoms with Crippen LogP contribution in [0, 0.1) is 5.92 Å². The van der Waals surface area contributed by atoms with Crippen molar-refractivity contribution in [2.75, 3.05) is 17.2 Å². The average molecular weight is 657 g/mol. The van der Waals surface area contributed by atoms with Crippen LogP contribution in [0.25, 0.3) is 11.1 Å². The molecular weight excluding hydrogens is 620 g/mol. The first-order valence-corrected chi connectivity index (χ1v) is 16.6. The molecule has 4 aliphatic rings. The molecule has 2 fully saturated rings. The SMILES string of the molecule is CC(C)C[C@H]1C(=O)N2c3ccccc3[C@]3(C[C@@H](NC(=O)c4ccccc4N)C(=O)O3)[C@@H]2N1C(=O)OCC1c2ccccc2-c2ccccc21. The van der Waals surface area contributed by atoms with Crippen molar-refractivity contribution >= 4 is 35.3 Å². The van der Waals surface area contributed by atoms with Crippen molar-refractivity contribution in [1.82, 2.24) is 10.2 Å². The van der Waals surface area contributed by atoms with Gasteiger partial charge in [0.05, 0.1) is 11.3 Å². The third-order valence-electron chi connectivity index (χ3n) is 10.2. The lowest BCUT2D eigenvalue weighted by atomic mass is 9.87. The van der Waals surface area contributed by atoms with Crippen LogP contribution in [0.5, 0.6) is 0 Å². The van der Waals surface area contributed by atoms with Gasteiger partial charge in [0.15, 0.2) is 11.8 Å². The molecule has 0 saturated carbocycles. The summed E-state index contributed by atoms with van der Waals surface area (Å²) in [5.74, 6) is -1.56. The second kappa shape index (κ2) is 11.5. The van der Waals surface area contributed by atoms with Crippen molar-refractivity contribution in [1.29, 1.82) is 0 Å². The van der Waals surface area contributed by atoms with Crippen molar-refractivity contribution < 1.29 is 28.7 Å². The summed E-state index contributed by atoms with van der Waals surface area (Å²) in [6.45, 7) is 4.05. The lowest BCUT2D eigenvalue weighted by Gasteiger charge is -2.36. The third kappa shape index (κ3) is 4.68. The van der Waals surface area contributed by atoms with Crippen LogP contribution in [-0.4, -0.2) is 53.6 Å². The van der Waals surface area contributed by atoms with E-state index in [0.717, 1.165) is 22.3 Å². The number of carbonyl (C=O) groups is 4. The van der Waals surface area contributed by atoms with Gasteiger partial charge in [-0.25, -0.2) is 9.59 Å². The number of para-hydroxylation sites is 2. The highest BCUT2D eigenvalue weighted by Gasteiger charge is 2.69. The van der Waals surface area contributed by atoms with Crippen molar-refractivity contribution in [3.63, 3.8) is 0 Å². The molecule has 3 amide bonds. The summed E-state index contributed by atoms with van der Waals surface area (Å²) in [4.78, 5) is 58.8. The van der Waals surface area contributed by atoms with Crippen LogP contribution in [-0.2, 0) is 24.7 Å².